The van der Waals surface area contributed by atoms with E-state index in [1.54, 1.807) is 24.3 Å². The zero-order chi connectivity index (χ0) is 16.3. The molecule has 1 heterocycles. The highest BCUT2D eigenvalue weighted by Crippen LogP contribution is 2.28. The van der Waals surface area contributed by atoms with E-state index in [-0.39, 0.29) is 13.0 Å². The summed E-state index contributed by atoms with van der Waals surface area (Å²) >= 11 is 0. The molecule has 1 aromatic carbocycles. The van der Waals surface area contributed by atoms with Crippen molar-refractivity contribution in [1.82, 2.24) is 4.90 Å². The van der Waals surface area contributed by atoms with Crippen LogP contribution in [0, 0.1) is 0 Å². The van der Waals surface area contributed by atoms with Crippen LogP contribution >= 0.6 is 0 Å². The van der Waals surface area contributed by atoms with Crippen molar-refractivity contribution in [3.8, 4) is 5.75 Å². The van der Waals surface area contributed by atoms with Crippen LogP contribution in [-0.2, 0) is 9.59 Å². The molecule has 1 aliphatic rings. The molecule has 0 bridgehead atoms. The molecule has 1 aliphatic heterocycles. The van der Waals surface area contributed by atoms with Gasteiger partial charge in [-0.3, -0.25) is 9.59 Å². The van der Waals surface area contributed by atoms with Gasteiger partial charge in [-0.2, -0.15) is 13.2 Å². The minimum absolute atomic E-state index is 0.0810. The molecule has 5 nitrogen and oxygen atoms in total. The first-order chi connectivity index (χ1) is 10.3. The van der Waals surface area contributed by atoms with Crippen molar-refractivity contribution >= 4 is 17.5 Å². The molecule has 2 amide bonds. The Kier molecular flexibility index (Phi) is 4.58. The lowest BCUT2D eigenvalue weighted by Gasteiger charge is -2.25. The van der Waals surface area contributed by atoms with Gasteiger partial charge >= 0.3 is 12.1 Å². The Morgan fingerprint density at radius 3 is 2.64 bits per heavy atom. The molecule has 1 fully saturated rings. The number of hydrogen-bond donors (Lipinski definition) is 1. The maximum atomic E-state index is 12.5. The summed E-state index contributed by atoms with van der Waals surface area (Å²) in [5, 5.41) is 2.51. The maximum absolute atomic E-state index is 12.5. The van der Waals surface area contributed by atoms with Crippen molar-refractivity contribution < 1.29 is 27.5 Å². The second kappa shape index (κ2) is 6.25. The minimum atomic E-state index is -4.98. The van der Waals surface area contributed by atoms with Crippen LogP contribution in [0.5, 0.6) is 5.75 Å². The average molecular weight is 316 g/mol. The number of para-hydroxylation sites is 2. The van der Waals surface area contributed by atoms with Gasteiger partial charge in [0.05, 0.1) is 12.8 Å². The molecule has 2 rings (SSSR count). The lowest BCUT2D eigenvalue weighted by atomic mass is 10.2. The van der Waals surface area contributed by atoms with Crippen LogP contribution in [0.3, 0.4) is 0 Å². The van der Waals surface area contributed by atoms with Crippen molar-refractivity contribution in [2.24, 2.45) is 0 Å². The summed E-state index contributed by atoms with van der Waals surface area (Å²) < 4.78 is 42.7. The fraction of sp³-hybridized carbons (Fsp3) is 0.429. The number of methoxy groups -OCH3 is 1. The number of amides is 2. The van der Waals surface area contributed by atoms with E-state index < -0.39 is 24.0 Å². The fourth-order valence-electron chi connectivity index (χ4n) is 2.41. The third-order valence-electron chi connectivity index (χ3n) is 3.42. The molecule has 120 valence electrons. The van der Waals surface area contributed by atoms with Crippen molar-refractivity contribution in [1.29, 1.82) is 0 Å². The molecule has 8 heteroatoms. The summed E-state index contributed by atoms with van der Waals surface area (Å²) in [5.74, 6) is -2.24. The van der Waals surface area contributed by atoms with Gasteiger partial charge < -0.3 is 15.0 Å². The molecule has 0 spiro atoms. The molecule has 1 N–H and O–H groups in total. The molecule has 1 atom stereocenters. The Bertz CT molecular complexity index is 575. The van der Waals surface area contributed by atoms with Gasteiger partial charge in [0.15, 0.2) is 0 Å². The van der Waals surface area contributed by atoms with Gasteiger partial charge in [-0.15, -0.1) is 0 Å². The fourth-order valence-corrected chi connectivity index (χ4v) is 2.41. The van der Waals surface area contributed by atoms with Crippen molar-refractivity contribution in [3.05, 3.63) is 24.3 Å². The number of carbonyl (C=O) groups excluding carboxylic acids is 2. The van der Waals surface area contributed by atoms with Crippen LogP contribution in [-0.4, -0.2) is 42.6 Å². The zero-order valence-corrected chi connectivity index (χ0v) is 11.8. The second-order valence-corrected chi connectivity index (χ2v) is 4.84. The number of anilines is 1. The Labute approximate surface area is 125 Å². The van der Waals surface area contributed by atoms with Crippen LogP contribution in [0.2, 0.25) is 0 Å². The Morgan fingerprint density at radius 1 is 1.32 bits per heavy atom. The SMILES string of the molecule is COc1ccccc1NC(=O)C1CCCN1C(=O)C(F)(F)F. The molecular weight excluding hydrogens is 301 g/mol. The normalized spacial score (nSPS) is 18.2. The van der Waals surface area contributed by atoms with Crippen LogP contribution < -0.4 is 10.1 Å². The molecule has 0 aromatic heterocycles. The van der Waals surface area contributed by atoms with Gasteiger partial charge in [0.1, 0.15) is 11.8 Å². The van der Waals surface area contributed by atoms with Crippen LogP contribution in [0.1, 0.15) is 12.8 Å². The summed E-state index contributed by atoms with van der Waals surface area (Å²) in [6.07, 6.45) is -4.43. The van der Waals surface area contributed by atoms with E-state index in [9.17, 15) is 22.8 Å². The number of nitrogens with zero attached hydrogens (tertiary/aromatic N) is 1. The van der Waals surface area contributed by atoms with E-state index in [1.807, 2.05) is 0 Å². The topological polar surface area (TPSA) is 58.6 Å². The monoisotopic (exact) mass is 316 g/mol. The summed E-state index contributed by atoms with van der Waals surface area (Å²) in [5.41, 5.74) is 0.348. The third-order valence-corrected chi connectivity index (χ3v) is 3.42. The molecule has 0 radical (unpaired) electrons. The van der Waals surface area contributed by atoms with Gasteiger partial charge in [-0.25, -0.2) is 0 Å². The Morgan fingerprint density at radius 2 is 2.00 bits per heavy atom. The Balaban J connectivity index is 2.13. The lowest BCUT2D eigenvalue weighted by Crippen LogP contribution is -2.48. The summed E-state index contributed by atoms with van der Waals surface area (Å²) in [6, 6.07) is 5.42. The maximum Gasteiger partial charge on any atom is 0.471 e. The first-order valence-corrected chi connectivity index (χ1v) is 6.66. The van der Waals surface area contributed by atoms with Crippen molar-refractivity contribution in [2.75, 3.05) is 19.0 Å². The van der Waals surface area contributed by atoms with Gasteiger partial charge in [0.2, 0.25) is 5.91 Å². The van der Waals surface area contributed by atoms with E-state index >= 15 is 0 Å². The third kappa shape index (κ3) is 3.32. The number of ether oxygens (including phenoxy) is 1. The highest BCUT2D eigenvalue weighted by atomic mass is 19.4. The molecule has 1 unspecified atom stereocenters. The highest BCUT2D eigenvalue weighted by Gasteiger charge is 2.47. The molecule has 1 saturated heterocycles. The van der Waals surface area contributed by atoms with Crippen LogP contribution in [0.15, 0.2) is 24.3 Å². The highest BCUT2D eigenvalue weighted by molar-refractivity contribution is 5.99. The van der Waals surface area contributed by atoms with Crippen molar-refractivity contribution in [2.45, 2.75) is 25.1 Å². The quantitative estimate of drug-likeness (QED) is 0.930. The van der Waals surface area contributed by atoms with Crippen molar-refractivity contribution in [3.63, 3.8) is 0 Å². The van der Waals surface area contributed by atoms with E-state index in [0.717, 1.165) is 0 Å². The van der Waals surface area contributed by atoms with Crippen LogP contribution in [0.4, 0.5) is 18.9 Å². The second-order valence-electron chi connectivity index (χ2n) is 4.84. The number of benzene rings is 1. The van der Waals surface area contributed by atoms with E-state index in [1.165, 1.54) is 7.11 Å². The number of carbonyl (C=O) groups is 2. The average Bonchev–Trinajstić information content (AvgIpc) is 2.95. The van der Waals surface area contributed by atoms with Gasteiger partial charge in [0.25, 0.3) is 0 Å². The summed E-state index contributed by atoms with van der Waals surface area (Å²) in [7, 11) is 1.42. The molecule has 22 heavy (non-hydrogen) atoms. The van der Waals surface area contributed by atoms with Crippen LogP contribution in [0.25, 0.3) is 0 Å². The molecule has 0 aliphatic carbocycles. The van der Waals surface area contributed by atoms with Gasteiger partial charge in [0, 0.05) is 6.54 Å². The minimum Gasteiger partial charge on any atom is -0.495 e. The zero-order valence-electron chi connectivity index (χ0n) is 11.8. The summed E-state index contributed by atoms with van der Waals surface area (Å²) in [6.45, 7) is -0.0810. The predicted molar refractivity (Wildman–Crippen MR) is 72.4 cm³/mol. The smallest absolute Gasteiger partial charge is 0.471 e. The predicted octanol–water partition coefficient (Wildman–Crippen LogP) is 2.19. The molecular formula is C14H15F3N2O3. The first kappa shape index (κ1) is 16.1. The number of halogens is 3. The van der Waals surface area contributed by atoms with Gasteiger partial charge in [-0.05, 0) is 25.0 Å². The standard InChI is InChI=1S/C14H15F3N2O3/c1-22-11-7-3-2-5-9(11)18-12(20)10-6-4-8-19(10)13(21)14(15,16)17/h2-3,5,7,10H,4,6,8H2,1H3,(H,18,20). The van der Waals surface area contributed by atoms with E-state index in [4.69, 9.17) is 4.74 Å². The number of nitrogens with one attached hydrogen (secondary N) is 1. The number of alkyl halides is 3. The largest absolute Gasteiger partial charge is 0.495 e. The number of likely N-dealkylation sites (tertiary alicyclic amines) is 1. The lowest BCUT2D eigenvalue weighted by molar-refractivity contribution is -0.186. The molecule has 1 aromatic rings. The van der Waals surface area contributed by atoms with E-state index in [0.29, 0.717) is 22.8 Å². The Hall–Kier alpha value is -2.25. The van der Waals surface area contributed by atoms with Gasteiger partial charge in [-0.1, -0.05) is 12.1 Å². The molecule has 0 saturated carbocycles. The number of rotatable bonds is 3. The first-order valence-electron chi connectivity index (χ1n) is 6.66. The summed E-state index contributed by atoms with van der Waals surface area (Å²) in [4.78, 5) is 24.1. The number of hydrogen-bond acceptors (Lipinski definition) is 3. The van der Waals surface area contributed by atoms with E-state index in [2.05, 4.69) is 5.32 Å².